The average molecular weight is 357 g/mol. The number of hydrogen-bond acceptors (Lipinski definition) is 5. The molecule has 2 N–H and O–H groups in total. The van der Waals surface area contributed by atoms with Gasteiger partial charge in [0.2, 0.25) is 11.8 Å². The SMILES string of the molecule is O=C(O)Cn1cc(CNC(=O)C2CC(=O)N(Cc3ccccc3)C2)nn1. The predicted octanol–water partition coefficient (Wildman–Crippen LogP) is 0.0276. The Morgan fingerprint density at radius 2 is 2.04 bits per heavy atom. The first kappa shape index (κ1) is 17.6. The Bertz CT molecular complexity index is 804. The molecule has 0 saturated carbocycles. The molecular formula is C17H19N5O4. The van der Waals surface area contributed by atoms with E-state index in [1.54, 1.807) is 4.90 Å². The van der Waals surface area contributed by atoms with Gasteiger partial charge in [-0.3, -0.25) is 14.4 Å². The number of rotatable bonds is 7. The average Bonchev–Trinajstić information content (AvgIpc) is 3.20. The number of carbonyl (C=O) groups is 3. The number of nitrogens with zero attached hydrogens (tertiary/aromatic N) is 4. The largest absolute Gasteiger partial charge is 0.480 e. The van der Waals surface area contributed by atoms with Crippen LogP contribution in [0.2, 0.25) is 0 Å². The van der Waals surface area contributed by atoms with Crippen LogP contribution in [0.4, 0.5) is 0 Å². The number of carboxylic acid groups (broad SMARTS) is 1. The number of aliphatic carboxylic acids is 1. The Kier molecular flexibility index (Phi) is 5.26. The summed E-state index contributed by atoms with van der Waals surface area (Å²) in [6.07, 6.45) is 1.65. The van der Waals surface area contributed by atoms with Crippen molar-refractivity contribution in [3.8, 4) is 0 Å². The standard InChI is InChI=1S/C17H19N5O4/c23-15-6-13(9-21(15)8-12-4-2-1-3-5-12)17(26)18-7-14-10-22(20-19-14)11-16(24)25/h1-5,10,13H,6-9,11H2,(H,18,26)(H,24,25). The Morgan fingerprint density at radius 3 is 2.77 bits per heavy atom. The molecule has 136 valence electrons. The molecule has 26 heavy (non-hydrogen) atoms. The van der Waals surface area contributed by atoms with Gasteiger partial charge in [-0.05, 0) is 5.56 Å². The van der Waals surface area contributed by atoms with Gasteiger partial charge in [0.05, 0.1) is 18.7 Å². The van der Waals surface area contributed by atoms with Crippen molar-refractivity contribution >= 4 is 17.8 Å². The van der Waals surface area contributed by atoms with E-state index in [0.29, 0.717) is 18.8 Å². The minimum absolute atomic E-state index is 0.0404. The fraction of sp³-hybridized carbons (Fsp3) is 0.353. The fourth-order valence-corrected chi connectivity index (χ4v) is 2.86. The predicted molar refractivity (Wildman–Crippen MR) is 89.5 cm³/mol. The maximum absolute atomic E-state index is 12.3. The molecular weight excluding hydrogens is 338 g/mol. The third-order valence-electron chi connectivity index (χ3n) is 4.13. The van der Waals surface area contributed by atoms with Crippen molar-refractivity contribution in [1.29, 1.82) is 0 Å². The first-order valence-corrected chi connectivity index (χ1v) is 8.21. The highest BCUT2D eigenvalue weighted by Crippen LogP contribution is 2.20. The van der Waals surface area contributed by atoms with E-state index < -0.39 is 11.9 Å². The van der Waals surface area contributed by atoms with Gasteiger partial charge in [-0.15, -0.1) is 5.10 Å². The van der Waals surface area contributed by atoms with Crippen LogP contribution < -0.4 is 5.32 Å². The lowest BCUT2D eigenvalue weighted by Gasteiger charge is -2.16. The Labute approximate surface area is 149 Å². The summed E-state index contributed by atoms with van der Waals surface area (Å²) in [4.78, 5) is 36.7. The van der Waals surface area contributed by atoms with Gasteiger partial charge in [0, 0.05) is 19.5 Å². The van der Waals surface area contributed by atoms with Gasteiger partial charge >= 0.3 is 5.97 Å². The van der Waals surface area contributed by atoms with E-state index in [4.69, 9.17) is 5.11 Å². The van der Waals surface area contributed by atoms with Gasteiger partial charge in [0.1, 0.15) is 12.2 Å². The van der Waals surface area contributed by atoms with Gasteiger partial charge in [-0.1, -0.05) is 35.5 Å². The molecule has 9 nitrogen and oxygen atoms in total. The lowest BCUT2D eigenvalue weighted by atomic mass is 10.1. The zero-order valence-corrected chi connectivity index (χ0v) is 14.0. The summed E-state index contributed by atoms with van der Waals surface area (Å²) in [6, 6.07) is 9.63. The fourth-order valence-electron chi connectivity index (χ4n) is 2.86. The molecule has 0 aliphatic carbocycles. The molecule has 3 rings (SSSR count). The molecule has 1 fully saturated rings. The molecule has 0 radical (unpaired) electrons. The summed E-state index contributed by atoms with van der Waals surface area (Å²) in [5, 5.41) is 18.9. The monoisotopic (exact) mass is 357 g/mol. The first-order valence-electron chi connectivity index (χ1n) is 8.21. The van der Waals surface area contributed by atoms with Crippen LogP contribution in [-0.2, 0) is 34.0 Å². The Balaban J connectivity index is 1.50. The third kappa shape index (κ3) is 4.44. The van der Waals surface area contributed by atoms with Crippen molar-refractivity contribution in [2.45, 2.75) is 26.1 Å². The number of nitrogens with one attached hydrogen (secondary N) is 1. The summed E-state index contributed by atoms with van der Waals surface area (Å²) in [7, 11) is 0. The quantitative estimate of drug-likeness (QED) is 0.722. The van der Waals surface area contributed by atoms with Crippen molar-refractivity contribution in [3.05, 3.63) is 47.8 Å². The summed E-state index contributed by atoms with van der Waals surface area (Å²) in [5.74, 6) is -1.68. The summed E-state index contributed by atoms with van der Waals surface area (Å²) in [6.45, 7) is 0.729. The zero-order valence-electron chi connectivity index (χ0n) is 14.0. The number of aromatic nitrogens is 3. The van der Waals surface area contributed by atoms with E-state index in [2.05, 4.69) is 15.6 Å². The molecule has 1 unspecified atom stereocenters. The lowest BCUT2D eigenvalue weighted by Crippen LogP contribution is -2.32. The van der Waals surface area contributed by atoms with Crippen molar-refractivity contribution in [2.75, 3.05) is 6.54 Å². The second kappa shape index (κ2) is 7.77. The molecule has 2 aromatic rings. The highest BCUT2D eigenvalue weighted by Gasteiger charge is 2.34. The normalized spacial score (nSPS) is 16.7. The molecule has 1 atom stereocenters. The van der Waals surface area contributed by atoms with Gasteiger partial charge in [0.15, 0.2) is 0 Å². The summed E-state index contributed by atoms with van der Waals surface area (Å²) < 4.78 is 1.19. The molecule has 0 spiro atoms. The van der Waals surface area contributed by atoms with E-state index in [1.807, 2.05) is 30.3 Å². The van der Waals surface area contributed by atoms with Crippen LogP contribution in [0.5, 0.6) is 0 Å². The molecule has 1 aliphatic rings. The minimum Gasteiger partial charge on any atom is -0.480 e. The van der Waals surface area contributed by atoms with E-state index in [1.165, 1.54) is 10.9 Å². The number of hydrogen-bond donors (Lipinski definition) is 2. The van der Waals surface area contributed by atoms with Crippen LogP contribution in [0.3, 0.4) is 0 Å². The molecule has 1 aliphatic heterocycles. The maximum Gasteiger partial charge on any atom is 0.325 e. The van der Waals surface area contributed by atoms with Crippen LogP contribution in [-0.4, -0.2) is 49.3 Å². The molecule has 1 aromatic carbocycles. The van der Waals surface area contributed by atoms with Crippen LogP contribution >= 0.6 is 0 Å². The minimum atomic E-state index is -1.02. The second-order valence-electron chi connectivity index (χ2n) is 6.18. The smallest absolute Gasteiger partial charge is 0.325 e. The van der Waals surface area contributed by atoms with Gasteiger partial charge in [-0.2, -0.15) is 0 Å². The number of amides is 2. The first-order chi connectivity index (χ1) is 12.5. The number of carbonyl (C=O) groups excluding carboxylic acids is 2. The van der Waals surface area contributed by atoms with Crippen LogP contribution in [0.25, 0.3) is 0 Å². The molecule has 2 heterocycles. The van der Waals surface area contributed by atoms with Crippen molar-refractivity contribution < 1.29 is 19.5 Å². The van der Waals surface area contributed by atoms with Crippen molar-refractivity contribution in [2.24, 2.45) is 5.92 Å². The highest BCUT2D eigenvalue weighted by molar-refractivity contribution is 5.89. The number of benzene rings is 1. The van der Waals surface area contributed by atoms with Crippen LogP contribution in [0.1, 0.15) is 17.7 Å². The van der Waals surface area contributed by atoms with Crippen molar-refractivity contribution in [3.63, 3.8) is 0 Å². The highest BCUT2D eigenvalue weighted by atomic mass is 16.4. The Morgan fingerprint density at radius 1 is 1.27 bits per heavy atom. The zero-order chi connectivity index (χ0) is 18.5. The number of carboxylic acids is 1. The van der Waals surface area contributed by atoms with Gasteiger partial charge in [-0.25, -0.2) is 4.68 Å². The summed E-state index contributed by atoms with van der Waals surface area (Å²) >= 11 is 0. The molecule has 9 heteroatoms. The lowest BCUT2D eigenvalue weighted by molar-refractivity contribution is -0.138. The van der Waals surface area contributed by atoms with Crippen LogP contribution in [0.15, 0.2) is 36.5 Å². The van der Waals surface area contributed by atoms with Crippen molar-refractivity contribution in [1.82, 2.24) is 25.2 Å². The second-order valence-corrected chi connectivity index (χ2v) is 6.18. The Hall–Kier alpha value is -3.23. The van der Waals surface area contributed by atoms with E-state index >= 15 is 0 Å². The van der Waals surface area contributed by atoms with Gasteiger partial charge < -0.3 is 15.3 Å². The van der Waals surface area contributed by atoms with Gasteiger partial charge in [0.25, 0.3) is 0 Å². The molecule has 0 bridgehead atoms. The van der Waals surface area contributed by atoms with E-state index in [-0.39, 0.29) is 31.3 Å². The number of likely N-dealkylation sites (tertiary alicyclic amines) is 1. The van der Waals surface area contributed by atoms with E-state index in [0.717, 1.165) is 5.56 Å². The maximum atomic E-state index is 12.3. The van der Waals surface area contributed by atoms with E-state index in [9.17, 15) is 14.4 Å². The van der Waals surface area contributed by atoms with Crippen LogP contribution in [0, 0.1) is 5.92 Å². The molecule has 2 amide bonds. The topological polar surface area (TPSA) is 117 Å². The third-order valence-corrected chi connectivity index (χ3v) is 4.13. The molecule has 1 saturated heterocycles. The summed E-state index contributed by atoms with van der Waals surface area (Å²) in [5.41, 5.74) is 1.49. The molecule has 1 aromatic heterocycles.